The molecule has 3 nitrogen and oxygen atoms in total. The van der Waals surface area contributed by atoms with E-state index in [0.717, 1.165) is 0 Å². The smallest absolute Gasteiger partial charge is 0.379 e. The average Bonchev–Trinajstić information content (AvgIpc) is 2.21. The number of carbonyl (C=O) groups is 2. The molecule has 1 aromatic rings. The quantitative estimate of drug-likeness (QED) is 0.488. The van der Waals surface area contributed by atoms with Crippen LogP contribution in [0.2, 0.25) is 5.02 Å². The molecule has 0 aliphatic heterocycles. The van der Waals surface area contributed by atoms with Crippen molar-refractivity contribution in [1.29, 1.82) is 0 Å². The van der Waals surface area contributed by atoms with Crippen molar-refractivity contribution in [2.75, 3.05) is 6.61 Å². The summed E-state index contributed by atoms with van der Waals surface area (Å²) in [4.78, 5) is 22.7. The highest BCUT2D eigenvalue weighted by Crippen LogP contribution is 2.21. The van der Waals surface area contributed by atoms with Crippen LogP contribution in [0.5, 0.6) is 0 Å². The minimum absolute atomic E-state index is 0.143. The van der Waals surface area contributed by atoms with Gasteiger partial charge in [0.25, 0.3) is 5.78 Å². The van der Waals surface area contributed by atoms with Crippen molar-refractivity contribution in [3.8, 4) is 0 Å². The number of benzene rings is 1. The van der Waals surface area contributed by atoms with E-state index in [1.165, 1.54) is 12.1 Å². The molecule has 1 aromatic carbocycles. The van der Waals surface area contributed by atoms with E-state index in [4.69, 9.17) is 11.6 Å². The maximum atomic E-state index is 11.5. The van der Waals surface area contributed by atoms with Crippen molar-refractivity contribution in [1.82, 2.24) is 0 Å². The Morgan fingerprint density at radius 2 is 2.13 bits per heavy atom. The standard InChI is InChI=1S/C10H8BrClO3/c1-2-15-10(14)9(13)7-5-6(11)3-4-8(7)12/h3-5H,2H2,1H3. The van der Waals surface area contributed by atoms with E-state index >= 15 is 0 Å². The molecule has 0 unspecified atom stereocenters. The summed E-state index contributed by atoms with van der Waals surface area (Å²) in [7, 11) is 0. The van der Waals surface area contributed by atoms with E-state index in [9.17, 15) is 9.59 Å². The van der Waals surface area contributed by atoms with Gasteiger partial charge in [0.1, 0.15) is 0 Å². The van der Waals surface area contributed by atoms with Crippen molar-refractivity contribution in [2.24, 2.45) is 0 Å². The first kappa shape index (κ1) is 12.2. The molecule has 80 valence electrons. The van der Waals surface area contributed by atoms with Crippen molar-refractivity contribution < 1.29 is 14.3 Å². The second-order valence-corrected chi connectivity index (χ2v) is 4.00. The number of esters is 1. The highest BCUT2D eigenvalue weighted by Gasteiger charge is 2.20. The zero-order chi connectivity index (χ0) is 11.4. The summed E-state index contributed by atoms with van der Waals surface area (Å²) >= 11 is 8.98. The fourth-order valence-corrected chi connectivity index (χ4v) is 1.54. The Bertz CT molecular complexity index is 404. The first-order chi connectivity index (χ1) is 7.06. The lowest BCUT2D eigenvalue weighted by Gasteiger charge is -2.03. The van der Waals surface area contributed by atoms with Crippen LogP contribution in [0.15, 0.2) is 22.7 Å². The van der Waals surface area contributed by atoms with Gasteiger partial charge >= 0.3 is 5.97 Å². The van der Waals surface area contributed by atoms with Crippen LogP contribution in [0.25, 0.3) is 0 Å². The van der Waals surface area contributed by atoms with E-state index in [1.807, 2.05) is 0 Å². The van der Waals surface area contributed by atoms with Crippen molar-refractivity contribution in [3.05, 3.63) is 33.3 Å². The highest BCUT2D eigenvalue weighted by molar-refractivity contribution is 9.10. The Morgan fingerprint density at radius 3 is 2.73 bits per heavy atom. The zero-order valence-electron chi connectivity index (χ0n) is 7.92. The number of carbonyl (C=O) groups excluding carboxylic acids is 2. The monoisotopic (exact) mass is 290 g/mol. The average molecular weight is 292 g/mol. The Morgan fingerprint density at radius 1 is 1.47 bits per heavy atom. The van der Waals surface area contributed by atoms with Gasteiger partial charge in [0, 0.05) is 10.0 Å². The van der Waals surface area contributed by atoms with E-state index < -0.39 is 11.8 Å². The molecule has 0 radical (unpaired) electrons. The van der Waals surface area contributed by atoms with E-state index in [-0.39, 0.29) is 17.2 Å². The summed E-state index contributed by atoms with van der Waals surface area (Å²) < 4.78 is 5.27. The van der Waals surface area contributed by atoms with Gasteiger partial charge in [0.05, 0.1) is 11.6 Å². The summed E-state index contributed by atoms with van der Waals surface area (Å²) in [5.41, 5.74) is 0.143. The fourth-order valence-electron chi connectivity index (χ4n) is 0.978. The van der Waals surface area contributed by atoms with Crippen molar-refractivity contribution >= 4 is 39.3 Å². The van der Waals surface area contributed by atoms with Gasteiger partial charge < -0.3 is 4.74 Å². The zero-order valence-corrected chi connectivity index (χ0v) is 10.3. The van der Waals surface area contributed by atoms with E-state index in [2.05, 4.69) is 20.7 Å². The molecule has 0 fully saturated rings. The Kier molecular flexibility index (Phi) is 4.29. The first-order valence-corrected chi connectivity index (χ1v) is 5.40. The molecule has 0 aromatic heterocycles. The van der Waals surface area contributed by atoms with Gasteiger partial charge in [0.15, 0.2) is 0 Å². The number of Topliss-reactive ketones (excluding diaryl/α,β-unsaturated/α-hetero) is 1. The Balaban J connectivity index is 3.00. The van der Waals surface area contributed by atoms with E-state index in [0.29, 0.717) is 4.47 Å². The molecule has 0 bridgehead atoms. The number of ether oxygens (including phenoxy) is 1. The minimum atomic E-state index is -0.891. The van der Waals surface area contributed by atoms with Crippen molar-refractivity contribution in [3.63, 3.8) is 0 Å². The molecule has 0 amide bonds. The molecular weight excluding hydrogens is 283 g/mol. The first-order valence-electron chi connectivity index (χ1n) is 4.22. The SMILES string of the molecule is CCOC(=O)C(=O)c1cc(Br)ccc1Cl. The van der Waals surface area contributed by atoms with Crippen LogP contribution in [-0.2, 0) is 9.53 Å². The fraction of sp³-hybridized carbons (Fsp3) is 0.200. The van der Waals surface area contributed by atoms with Crippen LogP contribution >= 0.6 is 27.5 Å². The number of ketones is 1. The third kappa shape index (κ3) is 3.04. The molecule has 0 spiro atoms. The van der Waals surface area contributed by atoms with Crippen molar-refractivity contribution in [2.45, 2.75) is 6.92 Å². The maximum Gasteiger partial charge on any atom is 0.379 e. The molecule has 0 N–H and O–H groups in total. The summed E-state index contributed by atoms with van der Waals surface area (Å²) in [5, 5.41) is 0.233. The molecule has 15 heavy (non-hydrogen) atoms. The van der Waals surface area contributed by atoms with Gasteiger partial charge in [-0.05, 0) is 25.1 Å². The van der Waals surface area contributed by atoms with Crippen LogP contribution in [0.3, 0.4) is 0 Å². The maximum absolute atomic E-state index is 11.5. The van der Waals surface area contributed by atoms with E-state index in [1.54, 1.807) is 13.0 Å². The third-order valence-corrected chi connectivity index (χ3v) is 2.46. The highest BCUT2D eigenvalue weighted by atomic mass is 79.9. The predicted molar refractivity (Wildman–Crippen MR) is 60.1 cm³/mol. The number of hydrogen-bond donors (Lipinski definition) is 0. The summed E-state index contributed by atoms with van der Waals surface area (Å²) in [6, 6.07) is 4.71. The number of hydrogen-bond acceptors (Lipinski definition) is 3. The summed E-state index contributed by atoms with van der Waals surface area (Å²) in [5.74, 6) is -1.62. The van der Waals surface area contributed by atoms with Gasteiger partial charge in [-0.15, -0.1) is 0 Å². The lowest BCUT2D eigenvalue weighted by molar-refractivity contribution is -0.137. The molecule has 0 saturated heterocycles. The molecule has 0 atom stereocenters. The van der Waals surface area contributed by atoms with Crippen LogP contribution in [0, 0.1) is 0 Å². The van der Waals surface area contributed by atoms with Crippen LogP contribution < -0.4 is 0 Å². The Hall–Kier alpha value is -0.870. The summed E-state index contributed by atoms with van der Waals surface area (Å²) in [6.45, 7) is 1.80. The molecule has 1 rings (SSSR count). The number of rotatable bonds is 3. The second-order valence-electron chi connectivity index (χ2n) is 2.67. The lowest BCUT2D eigenvalue weighted by atomic mass is 10.1. The van der Waals surface area contributed by atoms with Gasteiger partial charge in [-0.25, -0.2) is 4.79 Å². The molecule has 0 heterocycles. The molecule has 0 aliphatic carbocycles. The van der Waals surface area contributed by atoms with Gasteiger partial charge in [-0.1, -0.05) is 27.5 Å². The topological polar surface area (TPSA) is 43.4 Å². The third-order valence-electron chi connectivity index (χ3n) is 1.63. The van der Waals surface area contributed by atoms with Crippen LogP contribution in [0.4, 0.5) is 0 Å². The van der Waals surface area contributed by atoms with Gasteiger partial charge in [-0.2, -0.15) is 0 Å². The molecule has 0 saturated carbocycles. The predicted octanol–water partition coefficient (Wildman–Crippen LogP) is 2.85. The Labute approximate surface area is 100 Å². The van der Waals surface area contributed by atoms with Crippen LogP contribution in [-0.4, -0.2) is 18.4 Å². The van der Waals surface area contributed by atoms with Gasteiger partial charge in [0.2, 0.25) is 0 Å². The van der Waals surface area contributed by atoms with Crippen LogP contribution in [0.1, 0.15) is 17.3 Å². The minimum Gasteiger partial charge on any atom is -0.460 e. The summed E-state index contributed by atoms with van der Waals surface area (Å²) in [6.07, 6.45) is 0. The molecular formula is C10H8BrClO3. The second kappa shape index (κ2) is 5.28. The number of halogens is 2. The lowest BCUT2D eigenvalue weighted by Crippen LogP contribution is -2.17. The largest absolute Gasteiger partial charge is 0.460 e. The van der Waals surface area contributed by atoms with Gasteiger partial charge in [-0.3, -0.25) is 4.79 Å². The molecule has 5 heteroatoms. The normalized spacial score (nSPS) is 9.80. The molecule has 0 aliphatic rings.